The van der Waals surface area contributed by atoms with Gasteiger partial charge in [0.05, 0.1) is 18.3 Å². The molecule has 174 valence electrons. The van der Waals surface area contributed by atoms with Crippen LogP contribution in [-0.2, 0) is 16.1 Å². The van der Waals surface area contributed by atoms with Gasteiger partial charge < -0.3 is 29.7 Å². The van der Waals surface area contributed by atoms with Crippen molar-refractivity contribution in [3.05, 3.63) is 58.1 Å². The summed E-state index contributed by atoms with van der Waals surface area (Å²) in [7, 11) is 3.64. The van der Waals surface area contributed by atoms with Crippen LogP contribution >= 0.6 is 0 Å². The fourth-order valence-electron chi connectivity index (χ4n) is 3.79. The molecule has 1 aromatic heterocycles. The Bertz CT molecular complexity index is 1200. The molecule has 0 bridgehead atoms. The molecular weight excluding hydrogens is 428 g/mol. The van der Waals surface area contributed by atoms with Crippen molar-refractivity contribution in [3.8, 4) is 16.9 Å². The van der Waals surface area contributed by atoms with Crippen LogP contribution in [0.5, 0.6) is 5.75 Å². The number of hydrogen-bond acceptors (Lipinski definition) is 7. The number of nitrogens with one attached hydrogen (secondary N) is 1. The van der Waals surface area contributed by atoms with Gasteiger partial charge in [0, 0.05) is 38.9 Å². The van der Waals surface area contributed by atoms with E-state index in [2.05, 4.69) is 14.9 Å². The van der Waals surface area contributed by atoms with Gasteiger partial charge in [0.25, 0.3) is 17.9 Å². The first-order valence-corrected chi connectivity index (χ1v) is 10.3. The van der Waals surface area contributed by atoms with Crippen LogP contribution in [0.25, 0.3) is 22.0 Å². The molecule has 10 heteroatoms. The average molecular weight is 454 g/mol. The van der Waals surface area contributed by atoms with Crippen molar-refractivity contribution < 1.29 is 24.5 Å². The molecule has 0 saturated carbocycles. The molecule has 0 radical (unpaired) electrons. The minimum absolute atomic E-state index is 0.00555. The standard InChI is InChI=1S/C22H24N4O4.CH2O2/c1-25-5-7-26(8-6-25)22(29)14-3-4-17(16(9-14)12-30-2)15-10-18-20(19(27)11-15)23-13-24-21(18)28;2-1-3/h3-4,9-11,13,27H,5-8,12H2,1-2H3,(H,23,24,28);1H,(H,2,3). The summed E-state index contributed by atoms with van der Waals surface area (Å²) in [6.45, 7) is 3.15. The molecule has 1 aliphatic heterocycles. The summed E-state index contributed by atoms with van der Waals surface area (Å²) in [6.07, 6.45) is 1.26. The van der Waals surface area contributed by atoms with Gasteiger partial charge in [0.2, 0.25) is 0 Å². The van der Waals surface area contributed by atoms with Crippen LogP contribution in [0.1, 0.15) is 15.9 Å². The molecule has 33 heavy (non-hydrogen) atoms. The zero-order valence-corrected chi connectivity index (χ0v) is 18.4. The van der Waals surface area contributed by atoms with E-state index in [1.165, 1.54) is 6.33 Å². The first-order chi connectivity index (χ1) is 15.9. The molecule has 10 nitrogen and oxygen atoms in total. The lowest BCUT2D eigenvalue weighted by Gasteiger charge is -2.32. The number of methoxy groups -OCH3 is 1. The number of likely N-dealkylation sites (N-methyl/N-ethyl adjacent to an activating group) is 1. The predicted octanol–water partition coefficient (Wildman–Crippen LogP) is 1.53. The number of piperazine rings is 1. The highest BCUT2D eigenvalue weighted by Crippen LogP contribution is 2.32. The lowest BCUT2D eigenvalue weighted by atomic mass is 9.96. The van der Waals surface area contributed by atoms with E-state index in [0.29, 0.717) is 36.2 Å². The molecule has 0 atom stereocenters. The number of H-pyrrole nitrogens is 1. The highest BCUT2D eigenvalue weighted by Gasteiger charge is 2.21. The van der Waals surface area contributed by atoms with E-state index in [1.807, 2.05) is 24.1 Å². The van der Waals surface area contributed by atoms with Crippen molar-refractivity contribution >= 4 is 23.3 Å². The van der Waals surface area contributed by atoms with E-state index in [4.69, 9.17) is 14.6 Å². The van der Waals surface area contributed by atoms with Crippen molar-refractivity contribution in [1.29, 1.82) is 0 Å². The van der Waals surface area contributed by atoms with Crippen LogP contribution in [-0.4, -0.2) is 82.7 Å². The highest BCUT2D eigenvalue weighted by atomic mass is 16.5. The molecule has 1 fully saturated rings. The van der Waals surface area contributed by atoms with Crippen LogP contribution < -0.4 is 5.56 Å². The zero-order valence-electron chi connectivity index (χ0n) is 18.4. The number of nitrogens with zero attached hydrogens (tertiary/aromatic N) is 3. The molecule has 0 unspecified atom stereocenters. The number of carboxylic acid groups (broad SMARTS) is 1. The molecule has 1 aliphatic rings. The number of fused-ring (bicyclic) bond motifs is 1. The third-order valence-electron chi connectivity index (χ3n) is 5.48. The number of aromatic nitrogens is 2. The van der Waals surface area contributed by atoms with E-state index in [9.17, 15) is 14.7 Å². The van der Waals surface area contributed by atoms with Crippen molar-refractivity contribution in [2.75, 3.05) is 40.3 Å². The second-order valence-electron chi connectivity index (χ2n) is 7.63. The average Bonchev–Trinajstić information content (AvgIpc) is 2.80. The van der Waals surface area contributed by atoms with Gasteiger partial charge in [-0.15, -0.1) is 0 Å². The molecular formula is C23H26N4O6. The summed E-state index contributed by atoms with van der Waals surface area (Å²) in [5.41, 5.74) is 2.76. The zero-order chi connectivity index (χ0) is 24.0. The minimum atomic E-state index is -0.327. The number of aromatic amines is 1. The Labute approximate surface area is 190 Å². The van der Waals surface area contributed by atoms with E-state index >= 15 is 0 Å². The third kappa shape index (κ3) is 5.36. The number of amides is 1. The molecule has 2 heterocycles. The number of rotatable bonds is 4. The van der Waals surface area contributed by atoms with Crippen LogP contribution in [0.15, 0.2) is 41.5 Å². The van der Waals surface area contributed by atoms with E-state index < -0.39 is 0 Å². The smallest absolute Gasteiger partial charge is 0.290 e. The summed E-state index contributed by atoms with van der Waals surface area (Å²) < 4.78 is 5.35. The summed E-state index contributed by atoms with van der Waals surface area (Å²) >= 11 is 0. The SMILES string of the molecule is COCc1cc(C(=O)N2CCN(C)CC2)ccc1-c1cc(O)c2nc[nH]c(=O)c2c1.O=CO. The minimum Gasteiger partial charge on any atom is -0.506 e. The molecule has 0 aliphatic carbocycles. The van der Waals surface area contributed by atoms with Gasteiger partial charge in [-0.25, -0.2) is 4.98 Å². The number of phenols is 1. The monoisotopic (exact) mass is 454 g/mol. The number of hydrogen-bond donors (Lipinski definition) is 3. The van der Waals surface area contributed by atoms with Gasteiger partial charge in [-0.1, -0.05) is 6.07 Å². The van der Waals surface area contributed by atoms with Crippen LogP contribution in [0.3, 0.4) is 0 Å². The number of aromatic hydroxyl groups is 1. The van der Waals surface area contributed by atoms with Crippen molar-refractivity contribution in [1.82, 2.24) is 19.8 Å². The molecule has 1 saturated heterocycles. The second-order valence-corrected chi connectivity index (χ2v) is 7.63. The number of phenolic OH excluding ortho intramolecular Hbond substituents is 1. The van der Waals surface area contributed by atoms with Crippen molar-refractivity contribution in [3.63, 3.8) is 0 Å². The van der Waals surface area contributed by atoms with Crippen LogP contribution in [0.2, 0.25) is 0 Å². The largest absolute Gasteiger partial charge is 0.506 e. The summed E-state index contributed by atoms with van der Waals surface area (Å²) in [5, 5.41) is 17.6. The van der Waals surface area contributed by atoms with Crippen LogP contribution in [0.4, 0.5) is 0 Å². The summed E-state index contributed by atoms with van der Waals surface area (Å²) in [5.74, 6) is -0.0800. The highest BCUT2D eigenvalue weighted by molar-refractivity contribution is 5.96. The van der Waals surface area contributed by atoms with Crippen LogP contribution in [0, 0.1) is 0 Å². The lowest BCUT2D eigenvalue weighted by Crippen LogP contribution is -2.47. The van der Waals surface area contributed by atoms with E-state index in [0.717, 1.165) is 24.2 Å². The Morgan fingerprint density at radius 2 is 1.91 bits per heavy atom. The summed E-state index contributed by atoms with van der Waals surface area (Å²) in [6, 6.07) is 8.71. The number of benzene rings is 2. The Morgan fingerprint density at radius 3 is 2.58 bits per heavy atom. The van der Waals surface area contributed by atoms with Gasteiger partial charge >= 0.3 is 0 Å². The second kappa shape index (κ2) is 10.7. The fraction of sp³-hybridized carbons (Fsp3) is 0.304. The summed E-state index contributed by atoms with van der Waals surface area (Å²) in [4.78, 5) is 44.1. The van der Waals surface area contributed by atoms with Gasteiger partial charge in [0.1, 0.15) is 11.3 Å². The molecule has 2 aromatic carbocycles. The fourth-order valence-corrected chi connectivity index (χ4v) is 3.79. The first kappa shape index (κ1) is 23.9. The maximum atomic E-state index is 13.0. The lowest BCUT2D eigenvalue weighted by molar-refractivity contribution is -0.122. The van der Waals surface area contributed by atoms with Crippen molar-refractivity contribution in [2.45, 2.75) is 6.61 Å². The maximum Gasteiger partial charge on any atom is 0.290 e. The van der Waals surface area contributed by atoms with Crippen molar-refractivity contribution in [2.24, 2.45) is 0 Å². The normalized spacial score (nSPS) is 13.9. The van der Waals surface area contributed by atoms with E-state index in [-0.39, 0.29) is 29.2 Å². The molecule has 3 aromatic rings. The Morgan fingerprint density at radius 1 is 1.21 bits per heavy atom. The number of ether oxygens (including phenoxy) is 1. The molecule has 3 N–H and O–H groups in total. The molecule has 1 amide bonds. The first-order valence-electron chi connectivity index (χ1n) is 10.3. The Hall–Kier alpha value is -3.76. The maximum absolute atomic E-state index is 13.0. The van der Waals surface area contributed by atoms with Gasteiger partial charge in [-0.05, 0) is 48.0 Å². The van der Waals surface area contributed by atoms with Gasteiger partial charge in [-0.2, -0.15) is 0 Å². The number of carbonyl (C=O) groups excluding carboxylic acids is 1. The topological polar surface area (TPSA) is 136 Å². The predicted molar refractivity (Wildman–Crippen MR) is 122 cm³/mol. The van der Waals surface area contributed by atoms with E-state index in [1.54, 1.807) is 25.3 Å². The third-order valence-corrected chi connectivity index (χ3v) is 5.48. The molecule has 4 rings (SSSR count). The van der Waals surface area contributed by atoms with Gasteiger partial charge in [-0.3, -0.25) is 14.4 Å². The Balaban J connectivity index is 0.000000968. The van der Waals surface area contributed by atoms with Gasteiger partial charge in [0.15, 0.2) is 0 Å². The quantitative estimate of drug-likeness (QED) is 0.505. The number of carbonyl (C=O) groups is 2. The Kier molecular flexibility index (Phi) is 7.75. The molecule has 0 spiro atoms.